The van der Waals surface area contributed by atoms with E-state index in [1.807, 2.05) is 37.3 Å². The van der Waals surface area contributed by atoms with Crippen molar-refractivity contribution in [1.29, 1.82) is 0 Å². The lowest BCUT2D eigenvalue weighted by Gasteiger charge is -2.22. The summed E-state index contributed by atoms with van der Waals surface area (Å²) in [7, 11) is 0. The van der Waals surface area contributed by atoms with Crippen LogP contribution >= 0.6 is 0 Å². The van der Waals surface area contributed by atoms with Gasteiger partial charge in [-0.15, -0.1) is 0 Å². The summed E-state index contributed by atoms with van der Waals surface area (Å²) in [5, 5.41) is 10.5. The normalized spacial score (nSPS) is 21.0. The summed E-state index contributed by atoms with van der Waals surface area (Å²) in [5.41, 5.74) is 0.702. The molecule has 1 aromatic heterocycles. The number of likely N-dealkylation sites (tertiary alicyclic amines) is 1. The fourth-order valence-electron chi connectivity index (χ4n) is 3.32. The van der Waals surface area contributed by atoms with Crippen molar-refractivity contribution >= 4 is 5.91 Å². The average Bonchev–Trinajstić information content (AvgIpc) is 3.19. The first-order valence-corrected chi connectivity index (χ1v) is 9.01. The van der Waals surface area contributed by atoms with Crippen molar-refractivity contribution in [2.75, 3.05) is 13.1 Å². The van der Waals surface area contributed by atoms with E-state index in [1.165, 1.54) is 0 Å². The molecular formula is C19H27N5O. The summed E-state index contributed by atoms with van der Waals surface area (Å²) < 4.78 is 0. The molecule has 1 aliphatic rings. The van der Waals surface area contributed by atoms with Crippen molar-refractivity contribution in [3.8, 4) is 0 Å². The van der Waals surface area contributed by atoms with Crippen molar-refractivity contribution in [3.63, 3.8) is 0 Å². The van der Waals surface area contributed by atoms with Crippen LogP contribution < -0.4 is 5.32 Å². The Labute approximate surface area is 149 Å². The van der Waals surface area contributed by atoms with E-state index in [2.05, 4.69) is 39.2 Å². The molecule has 0 bridgehead atoms. The Morgan fingerprint density at radius 2 is 2.12 bits per heavy atom. The van der Waals surface area contributed by atoms with Crippen LogP contribution in [-0.2, 0) is 0 Å². The van der Waals surface area contributed by atoms with E-state index < -0.39 is 0 Å². The molecule has 1 amide bonds. The van der Waals surface area contributed by atoms with Crippen molar-refractivity contribution in [1.82, 2.24) is 25.4 Å². The predicted octanol–water partition coefficient (Wildman–Crippen LogP) is 2.70. The molecular weight excluding hydrogens is 314 g/mol. The number of aryl methyl sites for hydroxylation is 1. The zero-order valence-electron chi connectivity index (χ0n) is 15.2. The molecule has 1 saturated heterocycles. The minimum atomic E-state index is -0.0128. The lowest BCUT2D eigenvalue weighted by molar-refractivity contribution is 0.0937. The standard InChI is InChI=1S/C19H27N5O/c1-13(2)9-10-24-12-16(11-17(24)18-20-14(3)22-23-18)21-19(25)15-7-5-4-6-8-15/h4-8,13,16-17H,9-12H2,1-3H3,(H,21,25)(H,20,22,23)/t16-,17-/m0/s1. The zero-order valence-corrected chi connectivity index (χ0v) is 15.2. The topological polar surface area (TPSA) is 73.9 Å². The molecule has 1 aromatic carbocycles. The Hall–Kier alpha value is -2.21. The van der Waals surface area contributed by atoms with Crippen LogP contribution in [-0.4, -0.2) is 45.1 Å². The number of aromatic nitrogens is 3. The van der Waals surface area contributed by atoms with Gasteiger partial charge in [0, 0.05) is 18.2 Å². The highest BCUT2D eigenvalue weighted by Gasteiger charge is 2.36. The number of hydrogen-bond acceptors (Lipinski definition) is 4. The predicted molar refractivity (Wildman–Crippen MR) is 97.2 cm³/mol. The van der Waals surface area contributed by atoms with Gasteiger partial charge in [-0.2, -0.15) is 5.10 Å². The van der Waals surface area contributed by atoms with Crippen LogP contribution in [0.25, 0.3) is 0 Å². The number of hydrogen-bond donors (Lipinski definition) is 2. The molecule has 0 radical (unpaired) electrons. The monoisotopic (exact) mass is 341 g/mol. The molecule has 0 unspecified atom stereocenters. The molecule has 2 heterocycles. The van der Waals surface area contributed by atoms with Crippen LogP contribution in [0, 0.1) is 12.8 Å². The smallest absolute Gasteiger partial charge is 0.251 e. The number of carbonyl (C=O) groups excluding carboxylic acids is 1. The minimum absolute atomic E-state index is 0.0128. The minimum Gasteiger partial charge on any atom is -0.348 e. The maximum absolute atomic E-state index is 12.5. The number of aromatic amines is 1. The van der Waals surface area contributed by atoms with Gasteiger partial charge in [-0.05, 0) is 44.4 Å². The second-order valence-electron chi connectivity index (χ2n) is 7.24. The summed E-state index contributed by atoms with van der Waals surface area (Å²) in [5.74, 6) is 2.29. The van der Waals surface area contributed by atoms with E-state index in [-0.39, 0.29) is 18.0 Å². The Kier molecular flexibility index (Phi) is 5.48. The number of nitrogens with zero attached hydrogens (tertiary/aromatic N) is 3. The van der Waals surface area contributed by atoms with Crippen LogP contribution in [0.15, 0.2) is 30.3 Å². The summed E-state index contributed by atoms with van der Waals surface area (Å²) >= 11 is 0. The van der Waals surface area contributed by atoms with Gasteiger partial charge in [0.15, 0.2) is 5.82 Å². The molecule has 0 saturated carbocycles. The fourth-order valence-corrected chi connectivity index (χ4v) is 3.32. The first kappa shape index (κ1) is 17.6. The lowest BCUT2D eigenvalue weighted by Crippen LogP contribution is -2.37. The van der Waals surface area contributed by atoms with Gasteiger partial charge in [0.2, 0.25) is 0 Å². The van der Waals surface area contributed by atoms with Gasteiger partial charge in [-0.25, -0.2) is 4.98 Å². The van der Waals surface area contributed by atoms with Gasteiger partial charge in [0.05, 0.1) is 6.04 Å². The van der Waals surface area contributed by atoms with Gasteiger partial charge in [-0.1, -0.05) is 32.0 Å². The quantitative estimate of drug-likeness (QED) is 0.847. The van der Waals surface area contributed by atoms with Gasteiger partial charge >= 0.3 is 0 Å². The van der Waals surface area contributed by atoms with Gasteiger partial charge in [0.25, 0.3) is 5.91 Å². The molecule has 1 aliphatic heterocycles. The fraction of sp³-hybridized carbons (Fsp3) is 0.526. The maximum Gasteiger partial charge on any atom is 0.251 e. The Morgan fingerprint density at radius 3 is 2.76 bits per heavy atom. The van der Waals surface area contributed by atoms with Crippen LogP contribution in [0.4, 0.5) is 0 Å². The highest BCUT2D eigenvalue weighted by Crippen LogP contribution is 2.30. The third kappa shape index (κ3) is 4.45. The zero-order chi connectivity index (χ0) is 17.8. The van der Waals surface area contributed by atoms with Crippen LogP contribution in [0.1, 0.15) is 54.7 Å². The van der Waals surface area contributed by atoms with Crippen molar-refractivity contribution in [3.05, 3.63) is 47.5 Å². The molecule has 0 spiro atoms. The van der Waals surface area contributed by atoms with Crippen LogP contribution in [0.5, 0.6) is 0 Å². The number of benzene rings is 1. The average molecular weight is 341 g/mol. The molecule has 2 N–H and O–H groups in total. The third-order valence-electron chi connectivity index (χ3n) is 4.68. The number of H-pyrrole nitrogens is 1. The van der Waals surface area contributed by atoms with E-state index in [9.17, 15) is 4.79 Å². The van der Waals surface area contributed by atoms with Crippen LogP contribution in [0.2, 0.25) is 0 Å². The second-order valence-corrected chi connectivity index (χ2v) is 7.24. The van der Waals surface area contributed by atoms with Crippen molar-refractivity contribution < 1.29 is 4.79 Å². The number of amides is 1. The Bertz CT molecular complexity index is 697. The number of carbonyl (C=O) groups is 1. The maximum atomic E-state index is 12.5. The summed E-state index contributed by atoms with van der Waals surface area (Å²) in [4.78, 5) is 19.4. The first-order valence-electron chi connectivity index (χ1n) is 9.01. The summed E-state index contributed by atoms with van der Waals surface area (Å²) in [6.07, 6.45) is 1.97. The molecule has 0 aliphatic carbocycles. The molecule has 2 atom stereocenters. The number of rotatable bonds is 6. The van der Waals surface area contributed by atoms with Crippen molar-refractivity contribution in [2.45, 2.75) is 45.7 Å². The molecule has 1 fully saturated rings. The van der Waals surface area contributed by atoms with Gasteiger partial charge in [-0.3, -0.25) is 14.8 Å². The largest absolute Gasteiger partial charge is 0.348 e. The van der Waals surface area contributed by atoms with Gasteiger partial charge in [0.1, 0.15) is 5.82 Å². The highest BCUT2D eigenvalue weighted by molar-refractivity contribution is 5.94. The molecule has 3 rings (SSSR count). The Morgan fingerprint density at radius 1 is 1.36 bits per heavy atom. The van der Waals surface area contributed by atoms with E-state index in [4.69, 9.17) is 0 Å². The first-order chi connectivity index (χ1) is 12.0. The van der Waals surface area contributed by atoms with E-state index in [1.54, 1.807) is 0 Å². The van der Waals surface area contributed by atoms with Gasteiger partial charge < -0.3 is 5.32 Å². The SMILES string of the molecule is Cc1nc([C@@H]2C[C@H](NC(=O)c3ccccc3)CN2CCC(C)C)n[nH]1. The lowest BCUT2D eigenvalue weighted by atomic mass is 10.1. The molecule has 6 nitrogen and oxygen atoms in total. The molecule has 25 heavy (non-hydrogen) atoms. The molecule has 134 valence electrons. The summed E-state index contributed by atoms with van der Waals surface area (Å²) in [6, 6.07) is 9.65. The molecule has 6 heteroatoms. The van der Waals surface area contributed by atoms with E-state index in [0.29, 0.717) is 11.5 Å². The van der Waals surface area contributed by atoms with E-state index in [0.717, 1.165) is 37.6 Å². The van der Waals surface area contributed by atoms with Crippen LogP contribution in [0.3, 0.4) is 0 Å². The Balaban J connectivity index is 1.68. The highest BCUT2D eigenvalue weighted by atomic mass is 16.1. The summed E-state index contributed by atoms with van der Waals surface area (Å²) in [6.45, 7) is 8.21. The van der Waals surface area contributed by atoms with Crippen molar-refractivity contribution in [2.24, 2.45) is 5.92 Å². The van der Waals surface area contributed by atoms with E-state index >= 15 is 0 Å². The number of nitrogens with one attached hydrogen (secondary N) is 2. The second kappa shape index (κ2) is 7.78. The third-order valence-corrected chi connectivity index (χ3v) is 4.68. The molecule has 2 aromatic rings.